The SMILES string of the molecule is COCCOc1ccccc1C(=O)N1CCC(O)(C(=O)O)CC1. The highest BCUT2D eigenvalue weighted by atomic mass is 16.5. The van der Waals surface area contributed by atoms with Crippen LogP contribution in [0.25, 0.3) is 0 Å². The summed E-state index contributed by atoms with van der Waals surface area (Å²) in [4.78, 5) is 25.2. The second kappa shape index (κ2) is 7.43. The molecular formula is C16H21NO6. The van der Waals surface area contributed by atoms with Gasteiger partial charge in [-0.1, -0.05) is 12.1 Å². The fourth-order valence-electron chi connectivity index (χ4n) is 2.47. The van der Waals surface area contributed by atoms with Crippen molar-refractivity contribution in [3.8, 4) is 5.75 Å². The van der Waals surface area contributed by atoms with Crippen LogP contribution in [0.15, 0.2) is 24.3 Å². The molecule has 0 bridgehead atoms. The van der Waals surface area contributed by atoms with Crippen LogP contribution < -0.4 is 4.74 Å². The van der Waals surface area contributed by atoms with Gasteiger partial charge in [-0.05, 0) is 12.1 Å². The molecule has 0 unspecified atom stereocenters. The van der Waals surface area contributed by atoms with Crippen LogP contribution >= 0.6 is 0 Å². The lowest BCUT2D eigenvalue weighted by Crippen LogP contribution is -2.50. The molecule has 1 saturated heterocycles. The van der Waals surface area contributed by atoms with Gasteiger partial charge in [-0.3, -0.25) is 4.79 Å². The molecule has 1 aromatic carbocycles. The number of benzene rings is 1. The summed E-state index contributed by atoms with van der Waals surface area (Å²) in [5.74, 6) is -1.01. The number of para-hydroxylation sites is 1. The van der Waals surface area contributed by atoms with Crippen LogP contribution in [0, 0.1) is 0 Å². The highest BCUT2D eigenvalue weighted by molar-refractivity contribution is 5.97. The minimum absolute atomic E-state index is 0.0147. The molecule has 0 aromatic heterocycles. The van der Waals surface area contributed by atoms with E-state index in [1.54, 1.807) is 31.4 Å². The van der Waals surface area contributed by atoms with E-state index in [9.17, 15) is 14.7 Å². The van der Waals surface area contributed by atoms with Gasteiger partial charge in [0.15, 0.2) is 5.60 Å². The molecule has 0 aliphatic carbocycles. The summed E-state index contributed by atoms with van der Waals surface area (Å²) in [7, 11) is 1.57. The van der Waals surface area contributed by atoms with Gasteiger partial charge in [0.1, 0.15) is 12.4 Å². The predicted molar refractivity (Wildman–Crippen MR) is 81.5 cm³/mol. The molecule has 1 aliphatic rings. The van der Waals surface area contributed by atoms with Gasteiger partial charge < -0.3 is 24.6 Å². The van der Waals surface area contributed by atoms with E-state index in [4.69, 9.17) is 14.6 Å². The van der Waals surface area contributed by atoms with Gasteiger partial charge in [0.25, 0.3) is 5.91 Å². The first-order valence-corrected chi connectivity index (χ1v) is 7.44. The highest BCUT2D eigenvalue weighted by Crippen LogP contribution is 2.26. The predicted octanol–water partition coefficient (Wildman–Crippen LogP) is 0.763. The summed E-state index contributed by atoms with van der Waals surface area (Å²) in [6.07, 6.45) is 0.0293. The first-order valence-electron chi connectivity index (χ1n) is 7.44. The smallest absolute Gasteiger partial charge is 0.335 e. The van der Waals surface area contributed by atoms with Gasteiger partial charge in [0.2, 0.25) is 0 Å². The third-order valence-electron chi connectivity index (χ3n) is 3.94. The monoisotopic (exact) mass is 323 g/mol. The molecule has 1 heterocycles. The minimum atomic E-state index is -1.74. The molecule has 1 aliphatic heterocycles. The molecule has 7 heteroatoms. The number of carbonyl (C=O) groups excluding carboxylic acids is 1. The molecular weight excluding hydrogens is 302 g/mol. The number of piperidine rings is 1. The minimum Gasteiger partial charge on any atom is -0.490 e. The molecule has 2 rings (SSSR count). The van der Waals surface area contributed by atoms with Crippen molar-refractivity contribution in [2.45, 2.75) is 18.4 Å². The molecule has 23 heavy (non-hydrogen) atoms. The first-order chi connectivity index (χ1) is 11.0. The van der Waals surface area contributed by atoms with E-state index >= 15 is 0 Å². The molecule has 0 spiro atoms. The highest BCUT2D eigenvalue weighted by Gasteiger charge is 2.40. The van der Waals surface area contributed by atoms with E-state index in [0.29, 0.717) is 24.5 Å². The van der Waals surface area contributed by atoms with Crippen LogP contribution in [0.2, 0.25) is 0 Å². The van der Waals surface area contributed by atoms with Crippen molar-refractivity contribution in [3.63, 3.8) is 0 Å². The van der Waals surface area contributed by atoms with Crippen LogP contribution in [0.5, 0.6) is 5.75 Å². The van der Waals surface area contributed by atoms with E-state index < -0.39 is 11.6 Å². The van der Waals surface area contributed by atoms with Gasteiger partial charge in [-0.25, -0.2) is 4.79 Å². The lowest BCUT2D eigenvalue weighted by Gasteiger charge is -2.35. The van der Waals surface area contributed by atoms with E-state index in [-0.39, 0.29) is 31.8 Å². The summed E-state index contributed by atoms with van der Waals surface area (Å²) in [6.45, 7) is 1.12. The number of aliphatic carboxylic acids is 1. The average molecular weight is 323 g/mol. The van der Waals surface area contributed by atoms with Crippen LogP contribution in [0.3, 0.4) is 0 Å². The molecule has 0 saturated carbocycles. The number of carbonyl (C=O) groups is 2. The maximum absolute atomic E-state index is 12.6. The Morgan fingerprint density at radius 1 is 1.22 bits per heavy atom. The van der Waals surface area contributed by atoms with Crippen LogP contribution in [-0.2, 0) is 9.53 Å². The Morgan fingerprint density at radius 2 is 1.87 bits per heavy atom. The van der Waals surface area contributed by atoms with Crippen molar-refractivity contribution in [1.82, 2.24) is 4.90 Å². The van der Waals surface area contributed by atoms with Crippen LogP contribution in [0.1, 0.15) is 23.2 Å². The molecule has 1 fully saturated rings. The number of hydrogen-bond donors (Lipinski definition) is 2. The third kappa shape index (κ3) is 4.00. The largest absolute Gasteiger partial charge is 0.490 e. The first kappa shape index (κ1) is 17.2. The van der Waals surface area contributed by atoms with Crippen LogP contribution in [0.4, 0.5) is 0 Å². The Hall–Kier alpha value is -2.12. The Morgan fingerprint density at radius 3 is 2.48 bits per heavy atom. The molecule has 0 atom stereocenters. The number of nitrogens with zero attached hydrogens (tertiary/aromatic N) is 1. The summed E-state index contributed by atoms with van der Waals surface area (Å²) in [5.41, 5.74) is -1.32. The number of carboxylic acid groups (broad SMARTS) is 1. The quantitative estimate of drug-likeness (QED) is 0.751. The van der Waals surface area contributed by atoms with Gasteiger partial charge in [0.05, 0.1) is 12.2 Å². The van der Waals surface area contributed by atoms with Crippen molar-refractivity contribution in [1.29, 1.82) is 0 Å². The number of methoxy groups -OCH3 is 1. The summed E-state index contributed by atoms with van der Waals surface area (Å²) in [5, 5.41) is 19.0. The summed E-state index contributed by atoms with van der Waals surface area (Å²) < 4.78 is 10.5. The lowest BCUT2D eigenvalue weighted by molar-refractivity contribution is -0.162. The van der Waals surface area contributed by atoms with Crippen molar-refractivity contribution in [2.75, 3.05) is 33.4 Å². The standard InChI is InChI=1S/C16H21NO6/c1-22-10-11-23-13-5-3-2-4-12(13)14(18)17-8-6-16(21,7-9-17)15(19)20/h2-5,21H,6-11H2,1H3,(H,19,20). The number of hydrogen-bond acceptors (Lipinski definition) is 5. The Labute approximate surface area is 134 Å². The van der Waals surface area contributed by atoms with Gasteiger partial charge in [-0.2, -0.15) is 0 Å². The van der Waals surface area contributed by atoms with Crippen molar-refractivity contribution < 1.29 is 29.3 Å². The number of likely N-dealkylation sites (tertiary alicyclic amines) is 1. The number of aliphatic hydroxyl groups is 1. The molecule has 2 N–H and O–H groups in total. The van der Waals surface area contributed by atoms with Crippen LogP contribution in [-0.4, -0.2) is 66.0 Å². The second-order valence-electron chi connectivity index (χ2n) is 5.47. The fourth-order valence-corrected chi connectivity index (χ4v) is 2.47. The Bertz CT molecular complexity index is 565. The van der Waals surface area contributed by atoms with Crippen molar-refractivity contribution in [3.05, 3.63) is 29.8 Å². The zero-order valence-electron chi connectivity index (χ0n) is 13.0. The zero-order valence-corrected chi connectivity index (χ0v) is 13.0. The summed E-state index contributed by atoms with van der Waals surface area (Å²) in [6, 6.07) is 6.90. The zero-order chi connectivity index (χ0) is 16.9. The molecule has 0 radical (unpaired) electrons. The van der Waals surface area contributed by atoms with E-state index in [1.807, 2.05) is 0 Å². The third-order valence-corrected chi connectivity index (χ3v) is 3.94. The fraction of sp³-hybridized carbons (Fsp3) is 0.500. The van der Waals surface area contributed by atoms with Gasteiger partial charge in [0, 0.05) is 33.0 Å². The second-order valence-corrected chi connectivity index (χ2v) is 5.47. The number of rotatable bonds is 6. The number of ether oxygens (including phenoxy) is 2. The molecule has 126 valence electrons. The van der Waals surface area contributed by atoms with E-state index in [1.165, 1.54) is 4.90 Å². The van der Waals surface area contributed by atoms with E-state index in [0.717, 1.165) is 0 Å². The van der Waals surface area contributed by atoms with E-state index in [2.05, 4.69) is 0 Å². The maximum atomic E-state index is 12.6. The molecule has 1 amide bonds. The molecule has 7 nitrogen and oxygen atoms in total. The lowest BCUT2D eigenvalue weighted by atomic mass is 9.91. The van der Waals surface area contributed by atoms with Crippen molar-refractivity contribution in [2.24, 2.45) is 0 Å². The number of carboxylic acids is 1. The van der Waals surface area contributed by atoms with Gasteiger partial charge >= 0.3 is 5.97 Å². The average Bonchev–Trinajstić information content (AvgIpc) is 2.55. The number of amides is 1. The Kier molecular flexibility index (Phi) is 5.57. The topological polar surface area (TPSA) is 96.3 Å². The van der Waals surface area contributed by atoms with Gasteiger partial charge in [-0.15, -0.1) is 0 Å². The summed E-state index contributed by atoms with van der Waals surface area (Å²) >= 11 is 0. The Balaban J connectivity index is 2.05. The molecule has 1 aromatic rings. The van der Waals surface area contributed by atoms with Crippen molar-refractivity contribution >= 4 is 11.9 Å². The normalized spacial score (nSPS) is 16.9. The maximum Gasteiger partial charge on any atom is 0.335 e.